The summed E-state index contributed by atoms with van der Waals surface area (Å²) in [7, 11) is 0. The first-order valence-electron chi connectivity index (χ1n) is 13.2. The SMILES string of the molecule is Oc1ccccc1CCCCCCCCCCCCC[P+](Cl)(c1ccccc1)c1ccccc1. The van der Waals surface area contributed by atoms with Gasteiger partial charge in [0.15, 0.2) is 6.62 Å². The Morgan fingerprint density at radius 1 is 0.500 bits per heavy atom. The van der Waals surface area contributed by atoms with Gasteiger partial charge in [-0.2, -0.15) is 0 Å². The van der Waals surface area contributed by atoms with Crippen LogP contribution in [0.25, 0.3) is 0 Å². The molecule has 34 heavy (non-hydrogen) atoms. The van der Waals surface area contributed by atoms with E-state index in [1.54, 1.807) is 6.07 Å². The van der Waals surface area contributed by atoms with Crippen molar-refractivity contribution in [2.45, 2.75) is 77.0 Å². The van der Waals surface area contributed by atoms with Crippen LogP contribution in [-0.4, -0.2) is 11.3 Å². The number of phenols is 1. The molecule has 0 amide bonds. The van der Waals surface area contributed by atoms with Crippen LogP contribution in [-0.2, 0) is 6.42 Å². The lowest BCUT2D eigenvalue weighted by atomic mass is 10.0. The third-order valence-electron chi connectivity index (χ3n) is 6.73. The van der Waals surface area contributed by atoms with Crippen LogP contribution < -0.4 is 10.6 Å². The molecule has 0 aliphatic rings. The number of unbranched alkanes of at least 4 members (excludes halogenated alkanes) is 10. The van der Waals surface area contributed by atoms with Crippen LogP contribution in [0.15, 0.2) is 84.9 Å². The third kappa shape index (κ3) is 8.75. The second kappa shape index (κ2) is 15.2. The van der Waals surface area contributed by atoms with Gasteiger partial charge in [0.2, 0.25) is 0 Å². The van der Waals surface area contributed by atoms with Crippen molar-refractivity contribution >= 4 is 28.5 Å². The summed E-state index contributed by atoms with van der Waals surface area (Å²) in [6.07, 6.45) is 16.4. The summed E-state index contributed by atoms with van der Waals surface area (Å²) >= 11 is 7.36. The highest BCUT2D eigenvalue weighted by atomic mass is 35.7. The number of halogens is 1. The van der Waals surface area contributed by atoms with E-state index < -0.39 is 6.62 Å². The molecule has 0 saturated carbocycles. The van der Waals surface area contributed by atoms with Crippen LogP contribution in [0.3, 0.4) is 0 Å². The number of hydrogen-bond donors (Lipinski definition) is 1. The molecule has 1 N–H and O–H groups in total. The van der Waals surface area contributed by atoms with Gasteiger partial charge in [0.1, 0.15) is 16.4 Å². The summed E-state index contributed by atoms with van der Waals surface area (Å²) in [5, 5.41) is 12.4. The summed E-state index contributed by atoms with van der Waals surface area (Å²) in [6, 6.07) is 29.2. The highest BCUT2D eigenvalue weighted by Crippen LogP contribution is 2.62. The molecule has 3 heteroatoms. The number of hydrogen-bond acceptors (Lipinski definition) is 1. The first-order chi connectivity index (χ1) is 16.7. The fourth-order valence-electron chi connectivity index (χ4n) is 4.69. The number of benzene rings is 3. The summed E-state index contributed by atoms with van der Waals surface area (Å²) < 4.78 is 0. The molecule has 0 atom stereocenters. The average molecular weight is 496 g/mol. The zero-order chi connectivity index (χ0) is 23.9. The zero-order valence-electron chi connectivity index (χ0n) is 20.5. The molecule has 3 aromatic carbocycles. The lowest BCUT2D eigenvalue weighted by molar-refractivity contribution is 0.466. The van der Waals surface area contributed by atoms with E-state index in [9.17, 15) is 5.11 Å². The number of phenolic OH excluding ortho intramolecular Hbond substituents is 1. The van der Waals surface area contributed by atoms with E-state index in [4.69, 9.17) is 11.2 Å². The van der Waals surface area contributed by atoms with E-state index in [-0.39, 0.29) is 0 Å². The second-order valence-electron chi connectivity index (χ2n) is 9.38. The van der Waals surface area contributed by atoms with Crippen LogP contribution in [0.5, 0.6) is 5.75 Å². The second-order valence-corrected chi connectivity index (χ2v) is 14.0. The van der Waals surface area contributed by atoms with Crippen molar-refractivity contribution in [1.82, 2.24) is 0 Å². The molecule has 1 nitrogen and oxygen atoms in total. The van der Waals surface area contributed by atoms with Crippen molar-refractivity contribution in [3.8, 4) is 5.75 Å². The molecule has 0 heterocycles. The van der Waals surface area contributed by atoms with E-state index >= 15 is 0 Å². The zero-order valence-corrected chi connectivity index (χ0v) is 22.2. The average Bonchev–Trinajstić information content (AvgIpc) is 2.88. The molecular weight excluding hydrogens is 455 g/mol. The maximum absolute atomic E-state index is 9.83. The number of rotatable bonds is 16. The Morgan fingerprint density at radius 3 is 1.41 bits per heavy atom. The molecule has 0 bridgehead atoms. The van der Waals surface area contributed by atoms with Gasteiger partial charge in [-0.3, -0.25) is 0 Å². The van der Waals surface area contributed by atoms with E-state index in [0.29, 0.717) is 5.75 Å². The largest absolute Gasteiger partial charge is 0.508 e. The van der Waals surface area contributed by atoms with Crippen LogP contribution in [0.4, 0.5) is 0 Å². The number of para-hydroxylation sites is 1. The topological polar surface area (TPSA) is 20.2 Å². The molecule has 0 fully saturated rings. The maximum atomic E-state index is 9.83. The van der Waals surface area contributed by atoms with Crippen molar-refractivity contribution < 1.29 is 5.11 Å². The van der Waals surface area contributed by atoms with E-state index in [1.165, 1.54) is 81.2 Å². The molecule has 3 aromatic rings. The first kappa shape index (κ1) is 26.8. The summed E-state index contributed by atoms with van der Waals surface area (Å²) in [6.45, 7) is -1.82. The molecular formula is C31H41ClOP+. The summed E-state index contributed by atoms with van der Waals surface area (Å²) in [5.41, 5.74) is 1.09. The van der Waals surface area contributed by atoms with Crippen molar-refractivity contribution in [3.05, 3.63) is 90.5 Å². The highest BCUT2D eigenvalue weighted by molar-refractivity contribution is 8.09. The van der Waals surface area contributed by atoms with Gasteiger partial charge in [-0.25, -0.2) is 0 Å². The van der Waals surface area contributed by atoms with Crippen molar-refractivity contribution in [1.29, 1.82) is 0 Å². The Hall–Kier alpha value is -1.82. The fourth-order valence-corrected chi connectivity index (χ4v) is 8.49. The third-order valence-corrected chi connectivity index (χ3v) is 11.6. The highest BCUT2D eigenvalue weighted by Gasteiger charge is 2.40. The molecule has 0 radical (unpaired) electrons. The minimum absolute atomic E-state index is 0.446. The Bertz CT molecular complexity index is 889. The van der Waals surface area contributed by atoms with Crippen LogP contribution >= 0.6 is 17.9 Å². The maximum Gasteiger partial charge on any atom is 0.178 e. The Labute approximate surface area is 212 Å². The van der Waals surface area contributed by atoms with Gasteiger partial charge in [0, 0.05) is 0 Å². The predicted molar refractivity (Wildman–Crippen MR) is 152 cm³/mol. The summed E-state index contributed by atoms with van der Waals surface area (Å²) in [4.78, 5) is 0. The standard InChI is InChI=1S/C31H40ClOP/c32-34(29-22-13-10-14-23-29,30-24-15-11-16-25-30)27-19-9-7-5-3-1-2-4-6-8-12-20-28-21-17-18-26-31(28)33/h10-11,13-18,21-26H,1-9,12,19-20,27H2/p+1. The Balaban J connectivity index is 1.23. The van der Waals surface area contributed by atoms with Gasteiger partial charge in [-0.05, 0) is 61.6 Å². The van der Waals surface area contributed by atoms with E-state index in [0.717, 1.165) is 18.1 Å². The van der Waals surface area contributed by atoms with Crippen LogP contribution in [0.1, 0.15) is 76.2 Å². The van der Waals surface area contributed by atoms with Crippen LogP contribution in [0.2, 0.25) is 0 Å². The van der Waals surface area contributed by atoms with Gasteiger partial charge in [-0.15, -0.1) is 0 Å². The molecule has 0 aliphatic carbocycles. The molecule has 0 aliphatic heterocycles. The minimum Gasteiger partial charge on any atom is -0.508 e. The minimum atomic E-state index is -1.82. The number of aromatic hydroxyl groups is 1. The Kier molecular flexibility index (Phi) is 12.0. The van der Waals surface area contributed by atoms with Gasteiger partial charge >= 0.3 is 0 Å². The molecule has 0 saturated heterocycles. The van der Waals surface area contributed by atoms with Crippen molar-refractivity contribution in [3.63, 3.8) is 0 Å². The predicted octanol–water partition coefficient (Wildman–Crippen LogP) is 9.05. The normalized spacial score (nSPS) is 11.6. The fraction of sp³-hybridized carbons (Fsp3) is 0.419. The van der Waals surface area contributed by atoms with Crippen molar-refractivity contribution in [2.75, 3.05) is 6.16 Å². The Morgan fingerprint density at radius 2 is 0.912 bits per heavy atom. The first-order valence-corrected chi connectivity index (χ1v) is 16.0. The lowest BCUT2D eigenvalue weighted by Gasteiger charge is -2.19. The van der Waals surface area contributed by atoms with Gasteiger partial charge in [-0.1, -0.05) is 106 Å². The number of aryl methyl sites for hydroxylation is 1. The monoisotopic (exact) mass is 495 g/mol. The smallest absolute Gasteiger partial charge is 0.178 e. The molecule has 0 unspecified atom stereocenters. The lowest BCUT2D eigenvalue weighted by Crippen LogP contribution is -2.20. The quantitative estimate of drug-likeness (QED) is 0.155. The molecule has 182 valence electrons. The molecule has 0 spiro atoms. The molecule has 0 aromatic heterocycles. The molecule has 3 rings (SSSR count). The van der Waals surface area contributed by atoms with Gasteiger partial charge < -0.3 is 5.11 Å². The van der Waals surface area contributed by atoms with Crippen LogP contribution in [0, 0.1) is 0 Å². The van der Waals surface area contributed by atoms with E-state index in [2.05, 4.69) is 60.7 Å². The van der Waals surface area contributed by atoms with Crippen molar-refractivity contribution in [2.24, 2.45) is 0 Å². The summed E-state index contributed by atoms with van der Waals surface area (Å²) in [5.74, 6) is 0.446. The van der Waals surface area contributed by atoms with Gasteiger partial charge in [0.05, 0.1) is 17.4 Å². The van der Waals surface area contributed by atoms with Gasteiger partial charge in [0.25, 0.3) is 0 Å². The van der Waals surface area contributed by atoms with E-state index in [1.807, 2.05) is 18.2 Å².